The van der Waals surface area contributed by atoms with Crippen LogP contribution in [0.4, 0.5) is 13.2 Å². The zero-order valence-electron chi connectivity index (χ0n) is 8.90. The molecule has 102 valence electrons. The summed E-state index contributed by atoms with van der Waals surface area (Å²) in [5.41, 5.74) is 0. The second-order valence-corrected chi connectivity index (χ2v) is 3.69. The van der Waals surface area contributed by atoms with Crippen molar-refractivity contribution in [3.8, 4) is 0 Å². The van der Waals surface area contributed by atoms with Gasteiger partial charge in [0.1, 0.15) is 12.5 Å². The molecule has 1 aliphatic carbocycles. The molecule has 0 radical (unpaired) electrons. The molecule has 0 spiro atoms. The van der Waals surface area contributed by atoms with Crippen LogP contribution < -0.4 is 5.32 Å². The zero-order chi connectivity index (χ0) is 13.9. The van der Waals surface area contributed by atoms with Gasteiger partial charge in [-0.25, -0.2) is 0 Å². The minimum Gasteiger partial charge on any atom is -0.455 e. The van der Waals surface area contributed by atoms with Crippen LogP contribution in [0.5, 0.6) is 0 Å². The molecular formula is C8H9F3N2O5. The van der Waals surface area contributed by atoms with E-state index in [0.29, 0.717) is 0 Å². The summed E-state index contributed by atoms with van der Waals surface area (Å²) in [4.78, 5) is 31.5. The predicted molar refractivity (Wildman–Crippen MR) is 48.9 cm³/mol. The fourth-order valence-corrected chi connectivity index (χ4v) is 1.16. The van der Waals surface area contributed by atoms with Crippen molar-refractivity contribution in [3.05, 3.63) is 10.1 Å². The molecule has 0 aromatic carbocycles. The molecule has 1 aliphatic rings. The van der Waals surface area contributed by atoms with Crippen LogP contribution in [0.3, 0.4) is 0 Å². The van der Waals surface area contributed by atoms with E-state index in [2.05, 4.69) is 4.74 Å². The molecule has 1 rings (SSSR count). The zero-order valence-corrected chi connectivity index (χ0v) is 8.90. The number of ether oxygens (including phenoxy) is 1. The number of rotatable bonds is 5. The van der Waals surface area contributed by atoms with Crippen molar-refractivity contribution in [2.45, 2.75) is 18.6 Å². The highest BCUT2D eigenvalue weighted by atomic mass is 19.4. The summed E-state index contributed by atoms with van der Waals surface area (Å²) in [6.07, 6.45) is -4.52. The Morgan fingerprint density at radius 3 is 2.50 bits per heavy atom. The number of esters is 1. The molecule has 0 aromatic heterocycles. The van der Waals surface area contributed by atoms with Gasteiger partial charge in [-0.05, 0) is 0 Å². The van der Waals surface area contributed by atoms with Crippen molar-refractivity contribution in [2.75, 3.05) is 13.2 Å². The van der Waals surface area contributed by atoms with Crippen molar-refractivity contribution >= 4 is 11.9 Å². The van der Waals surface area contributed by atoms with Crippen LogP contribution in [0.15, 0.2) is 0 Å². The fourth-order valence-electron chi connectivity index (χ4n) is 1.16. The summed E-state index contributed by atoms with van der Waals surface area (Å²) in [7, 11) is 0. The van der Waals surface area contributed by atoms with E-state index in [9.17, 15) is 32.9 Å². The van der Waals surface area contributed by atoms with Crippen molar-refractivity contribution in [1.82, 2.24) is 5.32 Å². The first-order chi connectivity index (χ1) is 8.20. The second kappa shape index (κ2) is 5.19. The van der Waals surface area contributed by atoms with E-state index in [1.165, 1.54) is 5.32 Å². The number of nitrogens with one attached hydrogen (secondary N) is 1. The number of nitro groups is 1. The normalized spacial score (nSPS) is 22.2. The van der Waals surface area contributed by atoms with Gasteiger partial charge in [0.2, 0.25) is 6.04 Å². The Kier molecular flexibility index (Phi) is 4.09. The van der Waals surface area contributed by atoms with E-state index in [4.69, 9.17) is 0 Å². The van der Waals surface area contributed by atoms with Gasteiger partial charge in [-0.15, -0.1) is 0 Å². The van der Waals surface area contributed by atoms with Crippen molar-refractivity contribution in [3.63, 3.8) is 0 Å². The third kappa shape index (κ3) is 4.55. The molecule has 0 aliphatic heterocycles. The van der Waals surface area contributed by atoms with Crippen LogP contribution >= 0.6 is 0 Å². The van der Waals surface area contributed by atoms with Crippen molar-refractivity contribution in [2.24, 2.45) is 5.92 Å². The number of carbonyl (C=O) groups excluding carboxylic acids is 2. The minimum atomic E-state index is -4.55. The summed E-state index contributed by atoms with van der Waals surface area (Å²) in [6, 6.07) is -1.02. The first kappa shape index (κ1) is 14.2. The number of nitrogens with zero attached hydrogens (tertiary/aromatic N) is 1. The lowest BCUT2D eigenvalue weighted by Crippen LogP contribution is -2.36. The molecule has 0 heterocycles. The van der Waals surface area contributed by atoms with Crippen LogP contribution in [0.25, 0.3) is 0 Å². The molecule has 0 bridgehead atoms. The second-order valence-electron chi connectivity index (χ2n) is 3.69. The summed E-state index contributed by atoms with van der Waals surface area (Å²) >= 11 is 0. The molecular weight excluding hydrogens is 261 g/mol. The first-order valence-electron chi connectivity index (χ1n) is 4.84. The number of hydrogen-bond acceptors (Lipinski definition) is 5. The highest BCUT2D eigenvalue weighted by molar-refractivity contribution is 5.82. The summed E-state index contributed by atoms with van der Waals surface area (Å²) < 4.78 is 39.4. The lowest BCUT2D eigenvalue weighted by Gasteiger charge is -2.08. The lowest BCUT2D eigenvalue weighted by atomic mass is 10.4. The van der Waals surface area contributed by atoms with Gasteiger partial charge in [0.05, 0.1) is 0 Å². The molecule has 1 N–H and O–H groups in total. The Morgan fingerprint density at radius 2 is 2.06 bits per heavy atom. The van der Waals surface area contributed by atoms with Gasteiger partial charge >= 0.3 is 12.1 Å². The van der Waals surface area contributed by atoms with Crippen LogP contribution in [0, 0.1) is 16.0 Å². The third-order valence-corrected chi connectivity index (χ3v) is 2.16. The van der Waals surface area contributed by atoms with Crippen LogP contribution in [-0.2, 0) is 14.3 Å². The summed E-state index contributed by atoms with van der Waals surface area (Å²) in [5, 5.41) is 11.7. The van der Waals surface area contributed by atoms with Gasteiger partial charge in [-0.1, -0.05) is 0 Å². The average Bonchev–Trinajstić information content (AvgIpc) is 3.01. The highest BCUT2D eigenvalue weighted by Gasteiger charge is 2.54. The largest absolute Gasteiger partial charge is 0.455 e. The van der Waals surface area contributed by atoms with E-state index < -0.39 is 48.1 Å². The number of halogens is 3. The maximum absolute atomic E-state index is 11.7. The Hall–Kier alpha value is -1.87. The summed E-state index contributed by atoms with van der Waals surface area (Å²) in [5.74, 6) is -2.96. The van der Waals surface area contributed by atoms with E-state index in [1.54, 1.807) is 0 Å². The maximum Gasteiger partial charge on any atom is 0.405 e. The van der Waals surface area contributed by atoms with E-state index in [1.807, 2.05) is 0 Å². The third-order valence-electron chi connectivity index (χ3n) is 2.16. The Balaban J connectivity index is 2.20. The van der Waals surface area contributed by atoms with Gasteiger partial charge in [0.25, 0.3) is 5.91 Å². The van der Waals surface area contributed by atoms with Crippen molar-refractivity contribution in [1.29, 1.82) is 0 Å². The quantitative estimate of drug-likeness (QED) is 0.426. The van der Waals surface area contributed by atoms with Gasteiger partial charge in [-0.3, -0.25) is 19.7 Å². The molecule has 1 amide bonds. The standard InChI is InChI=1S/C8H9F3N2O5/c9-8(10,11)3-12-6(14)2-18-7(15)4-1-5(4)13(16)17/h4-5H,1-3H2,(H,12,14). The maximum atomic E-state index is 11.7. The predicted octanol–water partition coefficient (Wildman–Crippen LogP) is -0.127. The SMILES string of the molecule is O=C(COC(=O)C1CC1[N+](=O)[O-])NCC(F)(F)F. The molecule has 2 unspecified atom stereocenters. The van der Waals surface area contributed by atoms with Crippen LogP contribution in [-0.4, -0.2) is 42.2 Å². The highest BCUT2D eigenvalue weighted by Crippen LogP contribution is 2.33. The molecule has 0 saturated heterocycles. The smallest absolute Gasteiger partial charge is 0.405 e. The van der Waals surface area contributed by atoms with Crippen molar-refractivity contribution < 1.29 is 32.4 Å². The van der Waals surface area contributed by atoms with Crippen LogP contribution in [0.2, 0.25) is 0 Å². The molecule has 7 nitrogen and oxygen atoms in total. The molecule has 10 heteroatoms. The van der Waals surface area contributed by atoms with E-state index >= 15 is 0 Å². The molecule has 1 saturated carbocycles. The monoisotopic (exact) mass is 270 g/mol. The van der Waals surface area contributed by atoms with Crippen LogP contribution in [0.1, 0.15) is 6.42 Å². The first-order valence-corrected chi connectivity index (χ1v) is 4.84. The van der Waals surface area contributed by atoms with E-state index in [0.717, 1.165) is 0 Å². The Labute approximate surface area is 98.4 Å². The Bertz CT molecular complexity index is 370. The number of carbonyl (C=O) groups is 2. The van der Waals surface area contributed by atoms with Gasteiger partial charge in [-0.2, -0.15) is 13.2 Å². The number of hydrogen-bond donors (Lipinski definition) is 1. The molecule has 2 atom stereocenters. The van der Waals surface area contributed by atoms with Gasteiger partial charge in [0, 0.05) is 11.3 Å². The number of alkyl halides is 3. The lowest BCUT2D eigenvalue weighted by molar-refractivity contribution is -0.497. The number of amides is 1. The van der Waals surface area contributed by atoms with E-state index in [-0.39, 0.29) is 6.42 Å². The minimum absolute atomic E-state index is 0.0238. The van der Waals surface area contributed by atoms with Gasteiger partial charge < -0.3 is 10.1 Å². The Morgan fingerprint density at radius 1 is 1.44 bits per heavy atom. The molecule has 18 heavy (non-hydrogen) atoms. The molecule has 0 aromatic rings. The molecule has 1 fully saturated rings. The van der Waals surface area contributed by atoms with Gasteiger partial charge in [0.15, 0.2) is 6.61 Å². The average molecular weight is 270 g/mol. The fraction of sp³-hybridized carbons (Fsp3) is 0.750. The summed E-state index contributed by atoms with van der Waals surface area (Å²) in [6.45, 7) is -2.40. The topological polar surface area (TPSA) is 98.5 Å².